The average molecular weight is 327 g/mol. The Balaban J connectivity index is 2.59. The number of alkyl halides is 2. The molecule has 4 N–H and O–H groups in total. The molecule has 1 amide bonds. The Morgan fingerprint density at radius 2 is 2.20 bits per heavy atom. The highest BCUT2D eigenvalue weighted by molar-refractivity contribution is 7.91. The predicted octanol–water partition coefficient (Wildman–Crippen LogP) is 0.125. The second kappa shape index (κ2) is 6.57. The van der Waals surface area contributed by atoms with Crippen LogP contribution in [0.5, 0.6) is 0 Å². The predicted molar refractivity (Wildman–Crippen MR) is 71.1 cm³/mol. The monoisotopic (exact) mass is 327 g/mol. The molecule has 0 radical (unpaired) electrons. The van der Waals surface area contributed by atoms with E-state index in [2.05, 4.69) is 4.72 Å². The average Bonchev–Trinajstić information content (AvgIpc) is 2.90. The molecule has 114 valence electrons. The first kappa shape index (κ1) is 17.0. The van der Waals surface area contributed by atoms with Crippen molar-refractivity contribution in [3.63, 3.8) is 0 Å². The van der Waals surface area contributed by atoms with Gasteiger partial charge < -0.3 is 11.1 Å². The number of hydrogen-bond acceptors (Lipinski definition) is 5. The van der Waals surface area contributed by atoms with Gasteiger partial charge in [0.05, 0.1) is 19.1 Å². The Morgan fingerprint density at radius 3 is 2.70 bits per heavy atom. The third kappa shape index (κ3) is 4.78. The Kier molecular flexibility index (Phi) is 5.57. The van der Waals surface area contributed by atoms with Crippen molar-refractivity contribution < 1.29 is 22.0 Å². The lowest BCUT2D eigenvalue weighted by Crippen LogP contribution is -2.49. The number of sulfonamides is 1. The summed E-state index contributed by atoms with van der Waals surface area (Å²) in [5.74, 6) is -4.07. The summed E-state index contributed by atoms with van der Waals surface area (Å²) in [5.41, 5.74) is 4.82. The van der Waals surface area contributed by atoms with E-state index in [9.17, 15) is 22.0 Å². The third-order valence-electron chi connectivity index (χ3n) is 2.31. The molecule has 0 aromatic carbocycles. The Morgan fingerprint density at radius 1 is 1.55 bits per heavy atom. The van der Waals surface area contributed by atoms with Crippen LogP contribution in [-0.4, -0.2) is 39.4 Å². The van der Waals surface area contributed by atoms with E-state index < -0.39 is 41.0 Å². The van der Waals surface area contributed by atoms with Crippen LogP contribution in [0.2, 0.25) is 0 Å². The quantitative estimate of drug-likeness (QED) is 0.662. The maximum atomic E-state index is 12.9. The number of nitrogens with one attached hydrogen (secondary N) is 2. The maximum Gasteiger partial charge on any atom is 0.277 e. The van der Waals surface area contributed by atoms with Crippen LogP contribution in [0.4, 0.5) is 8.78 Å². The zero-order valence-electron chi connectivity index (χ0n) is 10.6. The SMILES string of the molecule is CC(NS(=O)(=O)c1cccs1)C(=O)NCC(F)(F)CN. The summed E-state index contributed by atoms with van der Waals surface area (Å²) in [6.45, 7) is -0.572. The first-order chi connectivity index (χ1) is 9.18. The van der Waals surface area contributed by atoms with E-state index in [0.29, 0.717) is 0 Å². The van der Waals surface area contributed by atoms with Gasteiger partial charge in [-0.05, 0) is 18.4 Å². The molecule has 10 heteroatoms. The van der Waals surface area contributed by atoms with Crippen molar-refractivity contribution in [2.24, 2.45) is 5.73 Å². The summed E-state index contributed by atoms with van der Waals surface area (Å²) < 4.78 is 51.5. The smallest absolute Gasteiger partial charge is 0.277 e. The van der Waals surface area contributed by atoms with Crippen molar-refractivity contribution in [1.82, 2.24) is 10.0 Å². The Bertz CT molecular complexity index is 546. The minimum absolute atomic E-state index is 0.0458. The van der Waals surface area contributed by atoms with Crippen molar-refractivity contribution in [3.05, 3.63) is 17.5 Å². The van der Waals surface area contributed by atoms with Crippen LogP contribution in [0, 0.1) is 0 Å². The summed E-state index contributed by atoms with van der Waals surface area (Å²) in [6, 6.07) is 1.75. The summed E-state index contributed by atoms with van der Waals surface area (Å²) in [7, 11) is -3.83. The van der Waals surface area contributed by atoms with Gasteiger partial charge in [-0.25, -0.2) is 17.2 Å². The van der Waals surface area contributed by atoms with Crippen LogP contribution < -0.4 is 15.8 Å². The van der Waals surface area contributed by atoms with Gasteiger partial charge in [-0.15, -0.1) is 11.3 Å². The van der Waals surface area contributed by atoms with Crippen molar-refractivity contribution in [3.8, 4) is 0 Å². The van der Waals surface area contributed by atoms with Crippen LogP contribution in [-0.2, 0) is 14.8 Å². The molecule has 0 aliphatic heterocycles. The van der Waals surface area contributed by atoms with E-state index in [4.69, 9.17) is 5.73 Å². The third-order valence-corrected chi connectivity index (χ3v) is 5.24. The fourth-order valence-electron chi connectivity index (χ4n) is 1.20. The van der Waals surface area contributed by atoms with Crippen molar-refractivity contribution in [1.29, 1.82) is 0 Å². The molecular formula is C10H15F2N3O3S2. The molecule has 1 unspecified atom stereocenters. The Labute approximate surface area is 119 Å². The molecule has 0 spiro atoms. The van der Waals surface area contributed by atoms with Crippen molar-refractivity contribution in [2.45, 2.75) is 23.1 Å². The van der Waals surface area contributed by atoms with E-state index >= 15 is 0 Å². The number of amides is 1. The maximum absolute atomic E-state index is 12.9. The van der Waals surface area contributed by atoms with Gasteiger partial charge in [0.2, 0.25) is 5.91 Å². The minimum Gasteiger partial charge on any atom is -0.349 e. The fourth-order valence-corrected chi connectivity index (χ4v) is 3.41. The van der Waals surface area contributed by atoms with E-state index in [1.807, 2.05) is 5.32 Å². The highest BCUT2D eigenvalue weighted by atomic mass is 32.2. The zero-order chi connectivity index (χ0) is 15.4. The molecule has 20 heavy (non-hydrogen) atoms. The highest BCUT2D eigenvalue weighted by Crippen LogP contribution is 2.15. The lowest BCUT2D eigenvalue weighted by Gasteiger charge is -2.17. The molecule has 6 nitrogen and oxygen atoms in total. The Hall–Kier alpha value is -1.10. The van der Waals surface area contributed by atoms with Gasteiger partial charge in [0.25, 0.3) is 15.9 Å². The van der Waals surface area contributed by atoms with Gasteiger partial charge in [-0.3, -0.25) is 4.79 Å². The normalized spacial score (nSPS) is 14.0. The lowest BCUT2D eigenvalue weighted by molar-refractivity contribution is -0.124. The molecule has 1 heterocycles. The molecule has 0 fully saturated rings. The molecule has 1 aromatic heterocycles. The van der Waals surface area contributed by atoms with Crippen LogP contribution in [0.1, 0.15) is 6.92 Å². The summed E-state index contributed by atoms with van der Waals surface area (Å²) in [4.78, 5) is 11.5. The van der Waals surface area contributed by atoms with Crippen LogP contribution >= 0.6 is 11.3 Å². The molecule has 1 atom stereocenters. The number of halogens is 2. The summed E-state index contributed by atoms with van der Waals surface area (Å²) >= 11 is 0.986. The van der Waals surface area contributed by atoms with Gasteiger partial charge in [0, 0.05) is 0 Å². The molecule has 1 aromatic rings. The minimum atomic E-state index is -3.83. The number of carbonyl (C=O) groups is 1. The van der Waals surface area contributed by atoms with Gasteiger partial charge >= 0.3 is 0 Å². The molecule has 0 saturated carbocycles. The first-order valence-corrected chi connectivity index (χ1v) is 7.96. The fraction of sp³-hybridized carbons (Fsp3) is 0.500. The molecule has 0 saturated heterocycles. The van der Waals surface area contributed by atoms with Crippen LogP contribution in [0.25, 0.3) is 0 Å². The molecule has 0 aliphatic rings. The number of carbonyl (C=O) groups excluding carboxylic acids is 1. The zero-order valence-corrected chi connectivity index (χ0v) is 12.2. The summed E-state index contributed by atoms with van der Waals surface area (Å²) in [5, 5.41) is 3.52. The van der Waals surface area contributed by atoms with Crippen molar-refractivity contribution >= 4 is 27.3 Å². The van der Waals surface area contributed by atoms with Gasteiger partial charge in [0.15, 0.2) is 0 Å². The van der Waals surface area contributed by atoms with Crippen LogP contribution in [0.3, 0.4) is 0 Å². The van der Waals surface area contributed by atoms with E-state index in [1.165, 1.54) is 13.0 Å². The molecule has 1 rings (SSSR count). The number of rotatable bonds is 7. The van der Waals surface area contributed by atoms with E-state index in [1.54, 1.807) is 11.4 Å². The second-order valence-electron chi connectivity index (χ2n) is 4.05. The molecule has 0 aliphatic carbocycles. The lowest BCUT2D eigenvalue weighted by atomic mass is 10.3. The standard InChI is InChI=1S/C10H15F2N3O3S2/c1-7(9(16)14-6-10(11,12)5-13)15-20(17,18)8-3-2-4-19-8/h2-4,7,15H,5-6,13H2,1H3,(H,14,16). The number of thiophene rings is 1. The van der Waals surface area contributed by atoms with E-state index in [0.717, 1.165) is 11.3 Å². The highest BCUT2D eigenvalue weighted by Gasteiger charge is 2.29. The van der Waals surface area contributed by atoms with Gasteiger partial charge in [-0.2, -0.15) is 4.72 Å². The van der Waals surface area contributed by atoms with Gasteiger partial charge in [0.1, 0.15) is 4.21 Å². The number of nitrogens with two attached hydrogens (primary N) is 1. The topological polar surface area (TPSA) is 101 Å². The van der Waals surface area contributed by atoms with Crippen molar-refractivity contribution in [2.75, 3.05) is 13.1 Å². The van der Waals surface area contributed by atoms with Gasteiger partial charge in [-0.1, -0.05) is 6.07 Å². The molecule has 0 bridgehead atoms. The largest absolute Gasteiger partial charge is 0.349 e. The van der Waals surface area contributed by atoms with E-state index in [-0.39, 0.29) is 4.21 Å². The number of hydrogen-bond donors (Lipinski definition) is 3. The van der Waals surface area contributed by atoms with Crippen LogP contribution in [0.15, 0.2) is 21.7 Å². The molecular weight excluding hydrogens is 312 g/mol. The summed E-state index contributed by atoms with van der Waals surface area (Å²) in [6.07, 6.45) is 0. The second-order valence-corrected chi connectivity index (χ2v) is 6.94. The first-order valence-electron chi connectivity index (χ1n) is 5.59.